The predicted molar refractivity (Wildman–Crippen MR) is 81.5 cm³/mol. The Hall–Kier alpha value is -0.830. The van der Waals surface area contributed by atoms with Crippen molar-refractivity contribution in [3.63, 3.8) is 0 Å². The van der Waals surface area contributed by atoms with Crippen molar-refractivity contribution in [3.8, 4) is 11.5 Å². The first-order valence-corrected chi connectivity index (χ1v) is 8.57. The molecule has 0 unspecified atom stereocenters. The Bertz CT molecular complexity index is 549. The van der Waals surface area contributed by atoms with Gasteiger partial charge in [0.15, 0.2) is 11.5 Å². The fourth-order valence-corrected chi connectivity index (χ4v) is 3.10. The van der Waals surface area contributed by atoms with Crippen LogP contribution in [0.3, 0.4) is 0 Å². The van der Waals surface area contributed by atoms with E-state index in [0.29, 0.717) is 29.9 Å². The van der Waals surface area contributed by atoms with Gasteiger partial charge in [0.1, 0.15) is 0 Å². The lowest BCUT2D eigenvalue weighted by Gasteiger charge is -2.10. The fraction of sp³-hybridized carbons (Fsp3) is 0.500. The normalized spacial score (nSPS) is 11.6. The molecular weight excluding hydrogens is 348 g/mol. The molecular formula is C12H19BrN2O4S. The number of rotatable bonds is 8. The van der Waals surface area contributed by atoms with E-state index in [9.17, 15) is 13.5 Å². The van der Waals surface area contributed by atoms with E-state index >= 15 is 0 Å². The van der Waals surface area contributed by atoms with Crippen LogP contribution in [0.1, 0.15) is 12.5 Å². The molecule has 0 amide bonds. The summed E-state index contributed by atoms with van der Waals surface area (Å²) in [5, 5.41) is 12.7. The Balaban J connectivity index is 2.53. The molecule has 1 rings (SSSR count). The van der Waals surface area contributed by atoms with Gasteiger partial charge in [-0.2, -0.15) is 0 Å². The highest BCUT2D eigenvalue weighted by Crippen LogP contribution is 2.35. The number of nitrogens with one attached hydrogen (secondary N) is 2. The molecule has 0 aliphatic rings. The van der Waals surface area contributed by atoms with Crippen LogP contribution >= 0.6 is 15.9 Å². The average molecular weight is 367 g/mol. The van der Waals surface area contributed by atoms with Gasteiger partial charge >= 0.3 is 0 Å². The number of ether oxygens (including phenoxy) is 1. The maximum atomic E-state index is 11.4. The number of hydrogen-bond donors (Lipinski definition) is 3. The van der Waals surface area contributed by atoms with Crippen LogP contribution in [0, 0.1) is 0 Å². The van der Waals surface area contributed by atoms with E-state index < -0.39 is 10.0 Å². The van der Waals surface area contributed by atoms with E-state index in [4.69, 9.17) is 4.74 Å². The largest absolute Gasteiger partial charge is 0.503 e. The lowest BCUT2D eigenvalue weighted by molar-refractivity contribution is 0.371. The smallest absolute Gasteiger partial charge is 0.212 e. The van der Waals surface area contributed by atoms with Crippen LogP contribution in [0.25, 0.3) is 0 Å². The first kappa shape index (κ1) is 17.2. The molecule has 0 aliphatic heterocycles. The summed E-state index contributed by atoms with van der Waals surface area (Å²) >= 11 is 3.24. The van der Waals surface area contributed by atoms with Crippen molar-refractivity contribution >= 4 is 26.0 Å². The third-order valence-electron chi connectivity index (χ3n) is 2.55. The quantitative estimate of drug-likeness (QED) is 0.601. The Morgan fingerprint density at radius 3 is 2.70 bits per heavy atom. The Morgan fingerprint density at radius 1 is 1.40 bits per heavy atom. The third-order valence-corrected chi connectivity index (χ3v) is 4.62. The van der Waals surface area contributed by atoms with Crippen molar-refractivity contribution in [2.75, 3.05) is 26.0 Å². The molecule has 0 bridgehead atoms. The van der Waals surface area contributed by atoms with Crippen LogP contribution in [0.4, 0.5) is 0 Å². The van der Waals surface area contributed by atoms with E-state index in [2.05, 4.69) is 26.0 Å². The highest BCUT2D eigenvalue weighted by molar-refractivity contribution is 9.10. The van der Waals surface area contributed by atoms with Crippen molar-refractivity contribution < 1.29 is 18.3 Å². The van der Waals surface area contributed by atoms with Crippen LogP contribution in [0.5, 0.6) is 11.5 Å². The number of methoxy groups -OCH3 is 1. The second kappa shape index (κ2) is 7.82. The first-order valence-electron chi connectivity index (χ1n) is 6.13. The van der Waals surface area contributed by atoms with Crippen molar-refractivity contribution in [1.29, 1.82) is 0 Å². The number of phenols is 1. The van der Waals surface area contributed by atoms with E-state index in [0.717, 1.165) is 5.56 Å². The molecule has 0 spiro atoms. The van der Waals surface area contributed by atoms with Gasteiger partial charge in [-0.15, -0.1) is 0 Å². The zero-order valence-corrected chi connectivity index (χ0v) is 13.8. The highest BCUT2D eigenvalue weighted by atomic mass is 79.9. The van der Waals surface area contributed by atoms with Crippen LogP contribution in [-0.4, -0.2) is 39.5 Å². The van der Waals surface area contributed by atoms with Crippen molar-refractivity contribution in [3.05, 3.63) is 22.2 Å². The van der Waals surface area contributed by atoms with Gasteiger partial charge in [-0.25, -0.2) is 13.1 Å². The molecule has 3 N–H and O–H groups in total. The van der Waals surface area contributed by atoms with Crippen molar-refractivity contribution in [1.82, 2.24) is 10.0 Å². The summed E-state index contributed by atoms with van der Waals surface area (Å²) in [6, 6.07) is 3.45. The van der Waals surface area contributed by atoms with Crippen molar-refractivity contribution in [2.45, 2.75) is 13.5 Å². The van der Waals surface area contributed by atoms with Gasteiger partial charge in [-0.05, 0) is 33.6 Å². The maximum Gasteiger partial charge on any atom is 0.212 e. The van der Waals surface area contributed by atoms with Crippen LogP contribution in [-0.2, 0) is 16.6 Å². The zero-order chi connectivity index (χ0) is 15.2. The Kier molecular flexibility index (Phi) is 6.74. The molecule has 8 heteroatoms. The molecule has 0 heterocycles. The number of hydrogen-bond acceptors (Lipinski definition) is 5. The maximum absolute atomic E-state index is 11.4. The molecule has 0 radical (unpaired) electrons. The summed E-state index contributed by atoms with van der Waals surface area (Å²) in [6.07, 6.45) is 0. The van der Waals surface area contributed by atoms with Gasteiger partial charge < -0.3 is 15.2 Å². The molecule has 1 aromatic carbocycles. The van der Waals surface area contributed by atoms with E-state index in [1.165, 1.54) is 7.11 Å². The number of benzene rings is 1. The topological polar surface area (TPSA) is 87.7 Å². The van der Waals surface area contributed by atoms with E-state index in [-0.39, 0.29) is 11.5 Å². The monoisotopic (exact) mass is 366 g/mol. The summed E-state index contributed by atoms with van der Waals surface area (Å²) in [6.45, 7) is 2.96. The second-order valence-corrected chi connectivity index (χ2v) is 6.90. The molecule has 0 fully saturated rings. The Morgan fingerprint density at radius 2 is 2.10 bits per heavy atom. The number of sulfonamides is 1. The number of aromatic hydroxyl groups is 1. The van der Waals surface area contributed by atoms with Gasteiger partial charge in [0.05, 0.1) is 17.3 Å². The molecule has 0 saturated heterocycles. The van der Waals surface area contributed by atoms with Gasteiger partial charge in [0.2, 0.25) is 10.0 Å². The molecule has 0 saturated carbocycles. The standard InChI is InChI=1S/C12H19BrN2O4S/c1-3-15-20(17,18)5-4-14-8-9-6-10(13)12(16)11(7-9)19-2/h6-7,14-16H,3-5,8H2,1-2H3. The molecule has 1 aromatic rings. The molecule has 0 aliphatic carbocycles. The number of phenolic OH excluding ortho intramolecular Hbond substituents is 1. The third kappa shape index (κ3) is 5.28. The average Bonchev–Trinajstić information content (AvgIpc) is 2.38. The summed E-state index contributed by atoms with van der Waals surface area (Å²) in [5.41, 5.74) is 0.882. The minimum absolute atomic E-state index is 0.0250. The second-order valence-electron chi connectivity index (χ2n) is 4.12. The van der Waals surface area contributed by atoms with Crippen LogP contribution < -0.4 is 14.8 Å². The molecule has 6 nitrogen and oxygen atoms in total. The molecule has 0 aromatic heterocycles. The Labute approximate surface area is 127 Å². The summed E-state index contributed by atoms with van der Waals surface area (Å²) in [4.78, 5) is 0. The number of halogens is 1. The van der Waals surface area contributed by atoms with Crippen LogP contribution in [0.2, 0.25) is 0 Å². The lowest BCUT2D eigenvalue weighted by Crippen LogP contribution is -2.31. The van der Waals surface area contributed by atoms with Crippen molar-refractivity contribution in [2.24, 2.45) is 0 Å². The molecule has 20 heavy (non-hydrogen) atoms. The van der Waals surface area contributed by atoms with Gasteiger partial charge in [-0.1, -0.05) is 6.92 Å². The summed E-state index contributed by atoms with van der Waals surface area (Å²) in [7, 11) is -1.73. The minimum Gasteiger partial charge on any atom is -0.503 e. The summed E-state index contributed by atoms with van der Waals surface area (Å²) in [5.74, 6) is 0.444. The lowest BCUT2D eigenvalue weighted by atomic mass is 10.2. The minimum atomic E-state index is -3.20. The van der Waals surface area contributed by atoms with E-state index in [1.54, 1.807) is 19.1 Å². The van der Waals surface area contributed by atoms with Gasteiger partial charge in [0, 0.05) is 19.6 Å². The van der Waals surface area contributed by atoms with Gasteiger partial charge in [-0.3, -0.25) is 0 Å². The van der Waals surface area contributed by atoms with Gasteiger partial charge in [0.25, 0.3) is 0 Å². The SMILES string of the molecule is CCNS(=O)(=O)CCNCc1cc(Br)c(O)c(OC)c1. The van der Waals surface area contributed by atoms with Crippen LogP contribution in [0.15, 0.2) is 16.6 Å². The molecule has 114 valence electrons. The predicted octanol–water partition coefficient (Wildman–Crippen LogP) is 1.19. The fourth-order valence-electron chi connectivity index (χ4n) is 1.62. The zero-order valence-electron chi connectivity index (χ0n) is 11.4. The summed E-state index contributed by atoms with van der Waals surface area (Å²) < 4.78 is 30.9. The first-order chi connectivity index (χ1) is 9.39. The molecule has 0 atom stereocenters. The highest BCUT2D eigenvalue weighted by Gasteiger charge is 2.10. The van der Waals surface area contributed by atoms with E-state index in [1.807, 2.05) is 0 Å².